The van der Waals surface area contributed by atoms with E-state index in [1.54, 1.807) is 4.52 Å². The van der Waals surface area contributed by atoms with E-state index in [0.717, 1.165) is 23.0 Å². The van der Waals surface area contributed by atoms with E-state index in [0.29, 0.717) is 11.0 Å². The van der Waals surface area contributed by atoms with Crippen LogP contribution in [0.1, 0.15) is 39.9 Å². The number of nitrogens with zero attached hydrogens (tertiary/aromatic N) is 4. The lowest BCUT2D eigenvalue weighted by atomic mass is 10.0. The Kier molecular flexibility index (Phi) is 4.69. The van der Waals surface area contributed by atoms with Gasteiger partial charge in [0.15, 0.2) is 10.8 Å². The maximum Gasteiger partial charge on any atom is 0.233 e. The van der Waals surface area contributed by atoms with Crippen molar-refractivity contribution in [3.63, 3.8) is 0 Å². The maximum absolute atomic E-state index is 12.5. The van der Waals surface area contributed by atoms with E-state index < -0.39 is 0 Å². The number of benzene rings is 1. The van der Waals surface area contributed by atoms with Gasteiger partial charge in [0.25, 0.3) is 0 Å². The zero-order valence-electron chi connectivity index (χ0n) is 15.2. The third kappa shape index (κ3) is 3.61. The SMILES string of the molecule is CCC(C)(C)NC(=O)C(C)Sc1nc2ccccc2c2nc(C)nn12. The first-order valence-corrected chi connectivity index (χ1v) is 9.29. The number of thioether (sulfide) groups is 1. The molecule has 0 fully saturated rings. The highest BCUT2D eigenvalue weighted by molar-refractivity contribution is 8.00. The number of fused-ring (bicyclic) bond motifs is 3. The summed E-state index contributed by atoms with van der Waals surface area (Å²) in [6.45, 7) is 9.85. The van der Waals surface area contributed by atoms with E-state index in [-0.39, 0.29) is 16.7 Å². The Morgan fingerprint density at radius 1 is 1.32 bits per heavy atom. The van der Waals surface area contributed by atoms with Crippen LogP contribution in [0.15, 0.2) is 29.4 Å². The van der Waals surface area contributed by atoms with Crippen molar-refractivity contribution in [2.24, 2.45) is 0 Å². The van der Waals surface area contributed by atoms with Crippen molar-refractivity contribution in [1.29, 1.82) is 0 Å². The molecule has 1 unspecified atom stereocenters. The molecule has 0 radical (unpaired) electrons. The van der Waals surface area contributed by atoms with E-state index in [1.807, 2.05) is 52.0 Å². The first-order chi connectivity index (χ1) is 11.8. The molecule has 25 heavy (non-hydrogen) atoms. The van der Waals surface area contributed by atoms with E-state index in [2.05, 4.69) is 22.3 Å². The van der Waals surface area contributed by atoms with Crippen molar-refractivity contribution in [2.45, 2.75) is 57.0 Å². The summed E-state index contributed by atoms with van der Waals surface area (Å²) in [5.74, 6) is 0.681. The molecule has 1 amide bonds. The van der Waals surface area contributed by atoms with Gasteiger partial charge < -0.3 is 5.32 Å². The van der Waals surface area contributed by atoms with Crippen molar-refractivity contribution < 1.29 is 4.79 Å². The van der Waals surface area contributed by atoms with E-state index in [1.165, 1.54) is 11.8 Å². The number of nitrogens with one attached hydrogen (secondary N) is 1. The van der Waals surface area contributed by atoms with Crippen LogP contribution in [0.5, 0.6) is 0 Å². The molecule has 0 spiro atoms. The molecule has 0 aliphatic rings. The molecule has 2 aromatic heterocycles. The van der Waals surface area contributed by atoms with Gasteiger partial charge in [-0.05, 0) is 46.2 Å². The Morgan fingerprint density at radius 2 is 2.04 bits per heavy atom. The summed E-state index contributed by atoms with van der Waals surface area (Å²) in [5.41, 5.74) is 1.40. The Morgan fingerprint density at radius 3 is 2.76 bits per heavy atom. The molecule has 0 aliphatic carbocycles. The zero-order chi connectivity index (χ0) is 18.2. The van der Waals surface area contributed by atoms with Crippen LogP contribution in [0, 0.1) is 6.92 Å². The number of hydrogen-bond acceptors (Lipinski definition) is 5. The summed E-state index contributed by atoms with van der Waals surface area (Å²) in [4.78, 5) is 21.7. The number of para-hydroxylation sites is 1. The number of rotatable bonds is 5. The number of carbonyl (C=O) groups excluding carboxylic acids is 1. The Bertz CT molecular complexity index is 934. The van der Waals surface area contributed by atoms with Gasteiger partial charge in [0, 0.05) is 10.9 Å². The third-order valence-electron chi connectivity index (χ3n) is 4.25. The van der Waals surface area contributed by atoms with Crippen LogP contribution in [0.25, 0.3) is 16.6 Å². The number of carbonyl (C=O) groups is 1. The summed E-state index contributed by atoms with van der Waals surface area (Å²) in [6, 6.07) is 7.85. The molecular weight excluding hydrogens is 334 g/mol. The van der Waals surface area contributed by atoms with Crippen LogP contribution < -0.4 is 5.32 Å². The van der Waals surface area contributed by atoms with Gasteiger partial charge in [0.2, 0.25) is 5.91 Å². The number of aromatic nitrogens is 4. The number of aryl methyl sites for hydroxylation is 1. The predicted octanol–water partition coefficient (Wildman–Crippen LogP) is 3.37. The lowest BCUT2D eigenvalue weighted by Gasteiger charge is -2.26. The lowest BCUT2D eigenvalue weighted by Crippen LogP contribution is -2.46. The van der Waals surface area contributed by atoms with Crippen LogP contribution in [-0.2, 0) is 4.79 Å². The van der Waals surface area contributed by atoms with Gasteiger partial charge in [-0.1, -0.05) is 30.8 Å². The normalized spacial score (nSPS) is 13.3. The second-order valence-electron chi connectivity index (χ2n) is 6.79. The minimum atomic E-state index is -0.285. The molecule has 0 bridgehead atoms. The summed E-state index contributed by atoms with van der Waals surface area (Å²) in [5, 5.41) is 8.88. The van der Waals surface area contributed by atoms with Crippen LogP contribution >= 0.6 is 11.8 Å². The van der Waals surface area contributed by atoms with Crippen molar-refractivity contribution in [3.8, 4) is 0 Å². The average molecular weight is 357 g/mol. The van der Waals surface area contributed by atoms with Crippen molar-refractivity contribution in [3.05, 3.63) is 30.1 Å². The fourth-order valence-corrected chi connectivity index (χ4v) is 3.31. The van der Waals surface area contributed by atoms with Gasteiger partial charge in [0.05, 0.1) is 10.8 Å². The summed E-state index contributed by atoms with van der Waals surface area (Å²) in [7, 11) is 0. The quantitative estimate of drug-likeness (QED) is 0.560. The Labute approximate surface area is 151 Å². The zero-order valence-corrected chi connectivity index (χ0v) is 16.0. The second kappa shape index (κ2) is 6.63. The van der Waals surface area contributed by atoms with E-state index in [9.17, 15) is 4.79 Å². The van der Waals surface area contributed by atoms with Crippen molar-refractivity contribution in [1.82, 2.24) is 24.9 Å². The lowest BCUT2D eigenvalue weighted by molar-refractivity contribution is -0.121. The van der Waals surface area contributed by atoms with E-state index in [4.69, 9.17) is 4.98 Å². The molecule has 132 valence electrons. The monoisotopic (exact) mass is 357 g/mol. The van der Waals surface area contributed by atoms with Crippen molar-refractivity contribution in [2.75, 3.05) is 0 Å². The third-order valence-corrected chi connectivity index (χ3v) is 5.29. The molecule has 3 rings (SSSR count). The number of hydrogen-bond donors (Lipinski definition) is 1. The van der Waals surface area contributed by atoms with Crippen molar-refractivity contribution >= 4 is 34.2 Å². The van der Waals surface area contributed by atoms with Gasteiger partial charge >= 0.3 is 0 Å². The Hall–Kier alpha value is -2.15. The number of amides is 1. The topological polar surface area (TPSA) is 72.2 Å². The fraction of sp³-hybridized carbons (Fsp3) is 0.444. The molecule has 3 aromatic rings. The summed E-state index contributed by atoms with van der Waals surface area (Å²) in [6.07, 6.45) is 0.872. The van der Waals surface area contributed by atoms with Crippen LogP contribution in [-0.4, -0.2) is 36.3 Å². The molecule has 1 N–H and O–H groups in total. The maximum atomic E-state index is 12.5. The highest BCUT2D eigenvalue weighted by atomic mass is 32.2. The van der Waals surface area contributed by atoms with Crippen LogP contribution in [0.4, 0.5) is 0 Å². The Balaban J connectivity index is 1.96. The molecule has 7 heteroatoms. The smallest absolute Gasteiger partial charge is 0.233 e. The predicted molar refractivity (Wildman–Crippen MR) is 101 cm³/mol. The minimum absolute atomic E-state index is 0.00297. The fourth-order valence-electron chi connectivity index (χ4n) is 2.44. The average Bonchev–Trinajstić information content (AvgIpc) is 2.96. The van der Waals surface area contributed by atoms with Gasteiger partial charge in [0.1, 0.15) is 5.82 Å². The standard InChI is InChI=1S/C18H23N5OS/c1-6-18(4,5)21-16(24)11(2)25-17-20-14-10-8-7-9-13(14)15-19-12(3)22-23(15)17/h7-11H,6H2,1-5H3,(H,21,24). The highest BCUT2D eigenvalue weighted by Gasteiger charge is 2.24. The van der Waals surface area contributed by atoms with Gasteiger partial charge in [-0.3, -0.25) is 4.79 Å². The molecule has 6 nitrogen and oxygen atoms in total. The molecular formula is C18H23N5OS. The molecule has 0 saturated carbocycles. The molecule has 1 aromatic carbocycles. The first kappa shape index (κ1) is 17.7. The van der Waals surface area contributed by atoms with Gasteiger partial charge in [-0.15, -0.1) is 5.10 Å². The second-order valence-corrected chi connectivity index (χ2v) is 8.10. The summed E-state index contributed by atoms with van der Waals surface area (Å²) < 4.78 is 1.73. The van der Waals surface area contributed by atoms with Crippen LogP contribution in [0.3, 0.4) is 0 Å². The largest absolute Gasteiger partial charge is 0.350 e. The summed E-state index contributed by atoms with van der Waals surface area (Å²) >= 11 is 1.40. The molecule has 2 heterocycles. The molecule has 0 saturated heterocycles. The minimum Gasteiger partial charge on any atom is -0.350 e. The van der Waals surface area contributed by atoms with Crippen LogP contribution in [0.2, 0.25) is 0 Å². The molecule has 1 atom stereocenters. The highest BCUT2D eigenvalue weighted by Crippen LogP contribution is 2.27. The molecule has 0 aliphatic heterocycles. The van der Waals surface area contributed by atoms with E-state index >= 15 is 0 Å². The van der Waals surface area contributed by atoms with Gasteiger partial charge in [-0.2, -0.15) is 4.52 Å². The van der Waals surface area contributed by atoms with Gasteiger partial charge in [-0.25, -0.2) is 9.97 Å². The first-order valence-electron chi connectivity index (χ1n) is 8.41.